The lowest BCUT2D eigenvalue weighted by atomic mass is 9.93. The van der Waals surface area contributed by atoms with Crippen molar-refractivity contribution < 1.29 is 23.5 Å². The Bertz CT molecular complexity index is 1190. The highest BCUT2D eigenvalue weighted by Gasteiger charge is 2.37. The summed E-state index contributed by atoms with van der Waals surface area (Å²) < 4.78 is 24.8. The maximum absolute atomic E-state index is 14.0. The summed E-state index contributed by atoms with van der Waals surface area (Å²) in [5, 5.41) is 0. The smallest absolute Gasteiger partial charge is 0.248 e. The second-order valence-corrected chi connectivity index (χ2v) is 7.63. The quantitative estimate of drug-likeness (QED) is 0.687. The summed E-state index contributed by atoms with van der Waals surface area (Å²) in [5.41, 5.74) is 8.81. The number of carbonyl (C=O) groups is 2. The predicted octanol–water partition coefficient (Wildman–Crippen LogP) is 3.53. The summed E-state index contributed by atoms with van der Waals surface area (Å²) in [4.78, 5) is 26.3. The molecule has 0 saturated heterocycles. The van der Waals surface area contributed by atoms with Crippen molar-refractivity contribution >= 4 is 17.5 Å². The van der Waals surface area contributed by atoms with Gasteiger partial charge in [0.05, 0.1) is 12.5 Å². The number of primary amides is 1. The number of fused-ring (bicyclic) bond motifs is 2. The molecule has 2 heterocycles. The van der Waals surface area contributed by atoms with Gasteiger partial charge in [-0.2, -0.15) is 0 Å². The van der Waals surface area contributed by atoms with Crippen molar-refractivity contribution in [2.75, 3.05) is 11.7 Å². The first-order valence-corrected chi connectivity index (χ1v) is 9.88. The fourth-order valence-corrected chi connectivity index (χ4v) is 4.11. The molecule has 3 aromatic rings. The second-order valence-electron chi connectivity index (χ2n) is 7.63. The standard InChI is InChI=1S/C24H19FN2O4/c25-17-6-7-20-18(11-17)19(9-15-3-8-21-22(10-15)31-13-30-21)24(29)27(20)12-14-1-4-16(5-2-14)23(26)28/h1-8,10-11,19H,9,12-13H2,(H2,26,28). The Kier molecular flexibility index (Phi) is 4.58. The van der Waals surface area contributed by atoms with Crippen molar-refractivity contribution in [3.8, 4) is 11.5 Å². The molecule has 1 unspecified atom stereocenters. The lowest BCUT2D eigenvalue weighted by Gasteiger charge is -2.18. The van der Waals surface area contributed by atoms with Crippen LogP contribution in [0.5, 0.6) is 11.5 Å². The van der Waals surface area contributed by atoms with Gasteiger partial charge in [-0.3, -0.25) is 9.59 Å². The Morgan fingerprint density at radius 1 is 1.00 bits per heavy atom. The van der Waals surface area contributed by atoms with Gasteiger partial charge in [-0.05, 0) is 65.6 Å². The van der Waals surface area contributed by atoms with Crippen molar-refractivity contribution in [2.24, 2.45) is 5.73 Å². The highest BCUT2D eigenvalue weighted by molar-refractivity contribution is 6.05. The minimum Gasteiger partial charge on any atom is -0.454 e. The molecule has 7 heteroatoms. The Hall–Kier alpha value is -3.87. The zero-order chi connectivity index (χ0) is 21.5. The molecule has 2 aliphatic rings. The van der Waals surface area contributed by atoms with Crippen LogP contribution in [0.2, 0.25) is 0 Å². The van der Waals surface area contributed by atoms with E-state index in [-0.39, 0.29) is 18.5 Å². The van der Waals surface area contributed by atoms with Crippen molar-refractivity contribution in [1.82, 2.24) is 0 Å². The van der Waals surface area contributed by atoms with Gasteiger partial charge >= 0.3 is 0 Å². The van der Waals surface area contributed by atoms with E-state index in [4.69, 9.17) is 15.2 Å². The van der Waals surface area contributed by atoms with Gasteiger partial charge in [0.15, 0.2) is 11.5 Å². The molecule has 0 bridgehead atoms. The summed E-state index contributed by atoms with van der Waals surface area (Å²) in [5.74, 6) is -0.167. The predicted molar refractivity (Wildman–Crippen MR) is 112 cm³/mol. The molecule has 5 rings (SSSR count). The van der Waals surface area contributed by atoms with Crippen LogP contribution in [0, 0.1) is 5.82 Å². The first-order chi connectivity index (χ1) is 15.0. The van der Waals surface area contributed by atoms with Gasteiger partial charge in [-0.25, -0.2) is 4.39 Å². The maximum Gasteiger partial charge on any atom is 0.248 e. The molecule has 2 amide bonds. The van der Waals surface area contributed by atoms with Gasteiger partial charge in [0.2, 0.25) is 18.6 Å². The normalized spacial score (nSPS) is 16.5. The van der Waals surface area contributed by atoms with Gasteiger partial charge in [0.25, 0.3) is 0 Å². The average Bonchev–Trinajstić information content (AvgIpc) is 3.32. The van der Waals surface area contributed by atoms with E-state index in [9.17, 15) is 14.0 Å². The molecular formula is C24H19FN2O4. The fraction of sp³-hybridized carbons (Fsp3) is 0.167. The largest absolute Gasteiger partial charge is 0.454 e. The van der Waals surface area contributed by atoms with E-state index < -0.39 is 11.8 Å². The molecule has 31 heavy (non-hydrogen) atoms. The maximum atomic E-state index is 14.0. The highest BCUT2D eigenvalue weighted by atomic mass is 19.1. The van der Waals surface area contributed by atoms with Crippen molar-refractivity contribution in [1.29, 1.82) is 0 Å². The number of anilines is 1. The van der Waals surface area contributed by atoms with E-state index in [0.29, 0.717) is 41.3 Å². The zero-order valence-electron chi connectivity index (χ0n) is 16.5. The molecule has 1 atom stereocenters. The minimum atomic E-state index is -0.506. The molecule has 0 fully saturated rings. The van der Waals surface area contributed by atoms with E-state index in [0.717, 1.165) is 11.1 Å². The van der Waals surface area contributed by atoms with Crippen LogP contribution in [0.1, 0.15) is 33.0 Å². The molecule has 2 N–H and O–H groups in total. The molecule has 0 aromatic heterocycles. The Balaban J connectivity index is 1.44. The van der Waals surface area contributed by atoms with Crippen LogP contribution < -0.4 is 20.1 Å². The number of nitrogens with zero attached hydrogens (tertiary/aromatic N) is 1. The Labute approximate surface area is 178 Å². The summed E-state index contributed by atoms with van der Waals surface area (Å²) in [6, 6.07) is 16.8. The molecule has 0 radical (unpaired) electrons. The van der Waals surface area contributed by atoms with Crippen LogP contribution in [0.4, 0.5) is 10.1 Å². The summed E-state index contributed by atoms with van der Waals surface area (Å²) >= 11 is 0. The number of benzene rings is 3. The molecule has 0 saturated carbocycles. The lowest BCUT2D eigenvalue weighted by Crippen LogP contribution is -2.29. The summed E-state index contributed by atoms with van der Waals surface area (Å²) in [6.07, 6.45) is 0.420. The summed E-state index contributed by atoms with van der Waals surface area (Å²) in [7, 11) is 0. The molecular weight excluding hydrogens is 399 g/mol. The van der Waals surface area contributed by atoms with Gasteiger partial charge < -0.3 is 20.1 Å². The first-order valence-electron chi connectivity index (χ1n) is 9.88. The fourth-order valence-electron chi connectivity index (χ4n) is 4.11. The molecule has 2 aliphatic heterocycles. The third-order valence-electron chi connectivity index (χ3n) is 5.68. The second kappa shape index (κ2) is 7.43. The Morgan fingerprint density at radius 3 is 2.52 bits per heavy atom. The van der Waals surface area contributed by atoms with Gasteiger partial charge in [-0.15, -0.1) is 0 Å². The number of ether oxygens (including phenoxy) is 2. The average molecular weight is 418 g/mol. The van der Waals surface area contributed by atoms with Gasteiger partial charge in [0.1, 0.15) is 5.82 Å². The van der Waals surface area contributed by atoms with E-state index in [1.54, 1.807) is 35.2 Å². The SMILES string of the molecule is NC(=O)c1ccc(CN2C(=O)C(Cc3ccc4c(c3)OCO4)c3cc(F)ccc32)cc1. The number of rotatable bonds is 5. The van der Waals surface area contributed by atoms with Crippen LogP contribution in [-0.2, 0) is 17.8 Å². The van der Waals surface area contributed by atoms with E-state index in [2.05, 4.69) is 0 Å². The van der Waals surface area contributed by atoms with Crippen molar-refractivity contribution in [3.05, 3.63) is 88.7 Å². The number of halogens is 1. The van der Waals surface area contributed by atoms with Gasteiger partial charge in [-0.1, -0.05) is 18.2 Å². The Morgan fingerprint density at radius 2 is 1.74 bits per heavy atom. The highest BCUT2D eigenvalue weighted by Crippen LogP contribution is 2.41. The number of nitrogens with two attached hydrogens (primary N) is 1. The van der Waals surface area contributed by atoms with Crippen LogP contribution in [0.3, 0.4) is 0 Å². The number of amides is 2. The third kappa shape index (κ3) is 3.48. The number of hydrogen-bond acceptors (Lipinski definition) is 4. The number of carbonyl (C=O) groups excluding carboxylic acids is 2. The van der Waals surface area contributed by atoms with Crippen LogP contribution in [0.15, 0.2) is 60.7 Å². The zero-order valence-corrected chi connectivity index (χ0v) is 16.5. The number of hydrogen-bond donors (Lipinski definition) is 1. The van der Waals surface area contributed by atoms with Gasteiger partial charge in [0, 0.05) is 11.3 Å². The summed E-state index contributed by atoms with van der Waals surface area (Å²) in [6.45, 7) is 0.492. The lowest BCUT2D eigenvalue weighted by molar-refractivity contribution is -0.119. The molecule has 156 valence electrons. The van der Waals surface area contributed by atoms with Crippen molar-refractivity contribution in [3.63, 3.8) is 0 Å². The molecule has 0 spiro atoms. The van der Waals surface area contributed by atoms with Crippen LogP contribution in [0.25, 0.3) is 0 Å². The molecule has 3 aromatic carbocycles. The van der Waals surface area contributed by atoms with Crippen LogP contribution in [-0.4, -0.2) is 18.6 Å². The van der Waals surface area contributed by atoms with Crippen LogP contribution >= 0.6 is 0 Å². The first kappa shape index (κ1) is 19.1. The van der Waals surface area contributed by atoms with E-state index >= 15 is 0 Å². The van der Waals surface area contributed by atoms with E-state index in [1.807, 2.05) is 18.2 Å². The van der Waals surface area contributed by atoms with E-state index in [1.165, 1.54) is 12.1 Å². The molecule has 0 aliphatic carbocycles. The monoisotopic (exact) mass is 418 g/mol. The topological polar surface area (TPSA) is 81.9 Å². The molecule has 6 nitrogen and oxygen atoms in total. The van der Waals surface area contributed by atoms with Crippen molar-refractivity contribution in [2.45, 2.75) is 18.9 Å². The third-order valence-corrected chi connectivity index (χ3v) is 5.68. The minimum absolute atomic E-state index is 0.0998.